The summed E-state index contributed by atoms with van der Waals surface area (Å²) in [5, 5.41) is 2.79. The van der Waals surface area contributed by atoms with Crippen LogP contribution in [0.2, 0.25) is 0 Å². The maximum Gasteiger partial charge on any atom is 0.222 e. The van der Waals surface area contributed by atoms with Crippen LogP contribution in [0.25, 0.3) is 0 Å². The van der Waals surface area contributed by atoms with Crippen molar-refractivity contribution in [2.75, 3.05) is 59.4 Å². The van der Waals surface area contributed by atoms with E-state index in [9.17, 15) is 4.79 Å². The summed E-state index contributed by atoms with van der Waals surface area (Å²) >= 11 is 0. The van der Waals surface area contributed by atoms with Gasteiger partial charge in [0.1, 0.15) is 6.61 Å². The Hall–Kier alpha value is -1.13. The highest BCUT2D eigenvalue weighted by Gasteiger charge is 2.04. The molecule has 146 valence electrons. The highest BCUT2D eigenvalue weighted by atomic mass is 16.6. The van der Waals surface area contributed by atoms with Crippen LogP contribution in [-0.4, -0.2) is 65.3 Å². The molecule has 0 aliphatic rings. The van der Waals surface area contributed by atoms with Gasteiger partial charge >= 0.3 is 0 Å². The van der Waals surface area contributed by atoms with Crippen molar-refractivity contribution in [1.82, 2.24) is 5.32 Å². The van der Waals surface area contributed by atoms with E-state index in [1.54, 1.807) is 0 Å². The van der Waals surface area contributed by atoms with Gasteiger partial charge in [0.05, 0.1) is 46.2 Å². The molecule has 0 fully saturated rings. The van der Waals surface area contributed by atoms with Gasteiger partial charge in [-0.25, -0.2) is 0 Å². The van der Waals surface area contributed by atoms with Crippen LogP contribution < -0.4 is 5.32 Å². The summed E-state index contributed by atoms with van der Waals surface area (Å²) in [5.41, 5.74) is 0.0168. The Balaban J connectivity index is 3.19. The molecule has 0 aromatic rings. The first-order valence-corrected chi connectivity index (χ1v) is 8.91. The molecule has 0 rings (SSSR count). The molecule has 0 saturated carbocycles. The Bertz CT molecular complexity index is 393. The lowest BCUT2D eigenvalue weighted by Crippen LogP contribution is -2.31. The number of hydrogen-bond acceptors (Lipinski definition) is 5. The van der Waals surface area contributed by atoms with Gasteiger partial charge in [-0.15, -0.1) is 0 Å². The summed E-state index contributed by atoms with van der Waals surface area (Å²) in [7, 11) is 0. The number of carbonyl (C=O) groups excluding carboxylic acids is 1. The van der Waals surface area contributed by atoms with Crippen LogP contribution >= 0.6 is 0 Å². The SMILES string of the molecule is CC(C)C(=O)NCCOCCOCCOCCOCC#CC(C)(C)C. The third-order valence-electron chi connectivity index (χ3n) is 2.82. The van der Waals surface area contributed by atoms with Crippen LogP contribution in [0.3, 0.4) is 0 Å². The zero-order valence-electron chi connectivity index (χ0n) is 16.5. The fourth-order valence-corrected chi connectivity index (χ4v) is 1.53. The van der Waals surface area contributed by atoms with Gasteiger partial charge in [-0.3, -0.25) is 4.79 Å². The third kappa shape index (κ3) is 19.0. The molecule has 0 atom stereocenters. The zero-order chi connectivity index (χ0) is 19.0. The molecule has 0 saturated heterocycles. The van der Waals surface area contributed by atoms with E-state index in [0.717, 1.165) is 0 Å². The van der Waals surface area contributed by atoms with E-state index in [1.165, 1.54) is 0 Å². The van der Waals surface area contributed by atoms with Crippen LogP contribution in [0.15, 0.2) is 0 Å². The van der Waals surface area contributed by atoms with E-state index in [4.69, 9.17) is 18.9 Å². The Morgan fingerprint density at radius 2 is 1.36 bits per heavy atom. The van der Waals surface area contributed by atoms with Crippen LogP contribution in [0.1, 0.15) is 34.6 Å². The van der Waals surface area contributed by atoms with Crippen molar-refractivity contribution in [1.29, 1.82) is 0 Å². The molecule has 0 aromatic heterocycles. The smallest absolute Gasteiger partial charge is 0.222 e. The first kappa shape index (κ1) is 23.9. The van der Waals surface area contributed by atoms with E-state index >= 15 is 0 Å². The van der Waals surface area contributed by atoms with Crippen LogP contribution in [0.5, 0.6) is 0 Å². The van der Waals surface area contributed by atoms with Crippen LogP contribution in [-0.2, 0) is 23.7 Å². The summed E-state index contributed by atoms with van der Waals surface area (Å²) < 4.78 is 21.5. The Kier molecular flexibility index (Phi) is 14.5. The van der Waals surface area contributed by atoms with Crippen molar-refractivity contribution in [3.8, 4) is 11.8 Å². The maximum atomic E-state index is 11.3. The van der Waals surface area contributed by atoms with E-state index < -0.39 is 0 Å². The minimum Gasteiger partial charge on any atom is -0.377 e. The lowest BCUT2D eigenvalue weighted by atomic mass is 9.98. The fourth-order valence-electron chi connectivity index (χ4n) is 1.53. The monoisotopic (exact) mass is 357 g/mol. The lowest BCUT2D eigenvalue weighted by Gasteiger charge is -2.09. The van der Waals surface area contributed by atoms with E-state index in [0.29, 0.717) is 59.4 Å². The molecular weight excluding hydrogens is 322 g/mol. The van der Waals surface area contributed by atoms with Crippen LogP contribution in [0, 0.1) is 23.2 Å². The minimum atomic E-state index is 0.00477. The molecule has 0 aliphatic carbocycles. The van der Waals surface area contributed by atoms with E-state index in [-0.39, 0.29) is 17.2 Å². The second-order valence-electron chi connectivity index (χ2n) is 6.89. The molecule has 6 nitrogen and oxygen atoms in total. The number of ether oxygens (including phenoxy) is 4. The normalized spacial score (nSPS) is 11.3. The number of nitrogens with one attached hydrogen (secondary N) is 1. The number of rotatable bonds is 14. The summed E-state index contributed by atoms with van der Waals surface area (Å²) in [5.74, 6) is 6.14. The van der Waals surface area contributed by atoms with Gasteiger partial charge in [-0.05, 0) is 20.8 Å². The summed E-state index contributed by atoms with van der Waals surface area (Å²) in [4.78, 5) is 11.3. The van der Waals surface area contributed by atoms with Gasteiger partial charge in [-0.1, -0.05) is 25.7 Å². The molecule has 0 radical (unpaired) electrons. The third-order valence-corrected chi connectivity index (χ3v) is 2.82. The van der Waals surface area contributed by atoms with Crippen molar-refractivity contribution < 1.29 is 23.7 Å². The lowest BCUT2D eigenvalue weighted by molar-refractivity contribution is -0.124. The van der Waals surface area contributed by atoms with Gasteiger partial charge in [0.2, 0.25) is 5.91 Å². The first-order valence-electron chi connectivity index (χ1n) is 8.91. The topological polar surface area (TPSA) is 66.0 Å². The van der Waals surface area contributed by atoms with Crippen LogP contribution in [0.4, 0.5) is 0 Å². The highest BCUT2D eigenvalue weighted by molar-refractivity contribution is 5.77. The Morgan fingerprint density at radius 1 is 0.880 bits per heavy atom. The van der Waals surface area contributed by atoms with Gasteiger partial charge < -0.3 is 24.3 Å². The van der Waals surface area contributed by atoms with Crippen molar-refractivity contribution in [3.05, 3.63) is 0 Å². The summed E-state index contributed by atoms with van der Waals surface area (Å²) in [6.45, 7) is 14.5. The quantitative estimate of drug-likeness (QED) is 0.380. The highest BCUT2D eigenvalue weighted by Crippen LogP contribution is 2.09. The number of hydrogen-bond donors (Lipinski definition) is 1. The molecule has 0 spiro atoms. The standard InChI is InChI=1S/C19H35NO5/c1-17(2)18(21)20-8-10-23-12-14-25-16-15-24-13-11-22-9-6-7-19(3,4)5/h17H,8-16H2,1-5H3,(H,20,21). The molecule has 0 bridgehead atoms. The predicted octanol–water partition coefficient (Wildman–Crippen LogP) is 1.87. The minimum absolute atomic E-state index is 0.00477. The van der Waals surface area contributed by atoms with Gasteiger partial charge in [0.25, 0.3) is 0 Å². The molecule has 1 N–H and O–H groups in total. The Morgan fingerprint density at radius 3 is 1.84 bits per heavy atom. The number of carbonyl (C=O) groups is 1. The summed E-state index contributed by atoms with van der Waals surface area (Å²) in [6.07, 6.45) is 0. The zero-order valence-corrected chi connectivity index (χ0v) is 16.5. The molecule has 25 heavy (non-hydrogen) atoms. The Labute approximate surface area is 152 Å². The van der Waals surface area contributed by atoms with Gasteiger partial charge in [-0.2, -0.15) is 0 Å². The fraction of sp³-hybridized carbons (Fsp3) is 0.842. The number of amides is 1. The van der Waals surface area contributed by atoms with Gasteiger partial charge in [0, 0.05) is 17.9 Å². The molecule has 0 aromatic carbocycles. The van der Waals surface area contributed by atoms with E-state index in [2.05, 4.69) is 37.9 Å². The molecular formula is C19H35NO5. The van der Waals surface area contributed by atoms with Gasteiger partial charge in [0.15, 0.2) is 0 Å². The molecule has 0 aliphatic heterocycles. The second kappa shape index (κ2) is 15.2. The molecule has 6 heteroatoms. The van der Waals surface area contributed by atoms with Crippen molar-refractivity contribution >= 4 is 5.91 Å². The van der Waals surface area contributed by atoms with E-state index in [1.807, 2.05) is 13.8 Å². The predicted molar refractivity (Wildman–Crippen MR) is 98.4 cm³/mol. The van der Waals surface area contributed by atoms with Crippen molar-refractivity contribution in [3.63, 3.8) is 0 Å². The maximum absolute atomic E-state index is 11.3. The summed E-state index contributed by atoms with van der Waals surface area (Å²) in [6, 6.07) is 0. The average molecular weight is 357 g/mol. The van der Waals surface area contributed by atoms with Crippen molar-refractivity contribution in [2.24, 2.45) is 11.3 Å². The first-order chi connectivity index (χ1) is 11.8. The molecule has 0 heterocycles. The average Bonchev–Trinajstić information content (AvgIpc) is 2.53. The second-order valence-corrected chi connectivity index (χ2v) is 6.89. The molecule has 0 unspecified atom stereocenters. The molecule has 1 amide bonds. The van der Waals surface area contributed by atoms with Crippen molar-refractivity contribution in [2.45, 2.75) is 34.6 Å². The largest absolute Gasteiger partial charge is 0.377 e.